The predicted molar refractivity (Wildman–Crippen MR) is 116 cm³/mol. The van der Waals surface area contributed by atoms with Crippen LogP contribution >= 0.6 is 0 Å². The molecule has 0 radical (unpaired) electrons. The Kier molecular flexibility index (Phi) is 5.18. The SMILES string of the molecule is Cc1cc(=O)c(C(=O)N2CCCC2c2nnc3ccccn23)nn1-c1ccccc1C(F)(F)F. The van der Waals surface area contributed by atoms with Crippen molar-refractivity contribution in [3.05, 3.63) is 87.7 Å². The van der Waals surface area contributed by atoms with Gasteiger partial charge in [-0.2, -0.15) is 18.3 Å². The molecule has 0 bridgehead atoms. The molecule has 0 spiro atoms. The maximum Gasteiger partial charge on any atom is 0.418 e. The summed E-state index contributed by atoms with van der Waals surface area (Å²) in [5.41, 5.74) is -1.47. The summed E-state index contributed by atoms with van der Waals surface area (Å²) in [6, 6.07) is 11.0. The van der Waals surface area contributed by atoms with Crippen LogP contribution in [0.5, 0.6) is 0 Å². The molecule has 1 amide bonds. The quantitative estimate of drug-likeness (QED) is 0.459. The molecule has 3 aromatic heterocycles. The summed E-state index contributed by atoms with van der Waals surface area (Å²) in [6.07, 6.45) is -1.56. The highest BCUT2D eigenvalue weighted by molar-refractivity contribution is 5.92. The number of aromatic nitrogens is 5. The van der Waals surface area contributed by atoms with Crippen LogP contribution in [0.25, 0.3) is 11.3 Å². The maximum atomic E-state index is 13.6. The van der Waals surface area contributed by atoms with E-state index in [9.17, 15) is 22.8 Å². The minimum Gasteiger partial charge on any atom is -0.327 e. The van der Waals surface area contributed by atoms with Crippen molar-refractivity contribution >= 4 is 11.6 Å². The summed E-state index contributed by atoms with van der Waals surface area (Å²) in [4.78, 5) is 27.7. The topological polar surface area (TPSA) is 85.4 Å². The zero-order valence-corrected chi connectivity index (χ0v) is 18.0. The molecular weight excluding hydrogens is 449 g/mol. The van der Waals surface area contributed by atoms with Crippen molar-refractivity contribution < 1.29 is 18.0 Å². The Bertz CT molecular complexity index is 1460. The minimum absolute atomic E-state index is 0.180. The number of fused-ring (bicyclic) bond motifs is 1. The number of carbonyl (C=O) groups excluding carboxylic acids is 1. The maximum absolute atomic E-state index is 13.6. The molecule has 8 nitrogen and oxygen atoms in total. The van der Waals surface area contributed by atoms with Gasteiger partial charge in [0.25, 0.3) is 5.91 Å². The molecule has 1 aliphatic rings. The third kappa shape index (κ3) is 3.62. The van der Waals surface area contributed by atoms with E-state index in [0.29, 0.717) is 30.9 Å². The minimum atomic E-state index is -4.63. The van der Waals surface area contributed by atoms with Crippen molar-refractivity contribution in [2.45, 2.75) is 32.0 Å². The summed E-state index contributed by atoms with van der Waals surface area (Å²) >= 11 is 0. The van der Waals surface area contributed by atoms with Crippen LogP contribution in [0.3, 0.4) is 0 Å². The van der Waals surface area contributed by atoms with Gasteiger partial charge in [-0.05, 0) is 44.0 Å². The van der Waals surface area contributed by atoms with E-state index < -0.39 is 34.8 Å². The van der Waals surface area contributed by atoms with Gasteiger partial charge in [0.15, 0.2) is 17.2 Å². The molecule has 4 heterocycles. The van der Waals surface area contributed by atoms with E-state index in [1.54, 1.807) is 16.7 Å². The standard InChI is InChI=1S/C23H19F3N6O2/c1-14-13-18(33)20(29-32(14)16-8-3-2-7-15(16)23(24,25)26)22(34)30-12-6-9-17(30)21-28-27-19-10-4-5-11-31(19)21/h2-5,7-8,10-11,13,17H,6,9,12H2,1H3. The second-order valence-electron chi connectivity index (χ2n) is 8.07. The number of likely N-dealkylation sites (tertiary alicyclic amines) is 1. The summed E-state index contributed by atoms with van der Waals surface area (Å²) in [5.74, 6) is -0.102. The number of alkyl halides is 3. The van der Waals surface area contributed by atoms with Gasteiger partial charge in [0.2, 0.25) is 5.43 Å². The van der Waals surface area contributed by atoms with Crippen LogP contribution in [0.15, 0.2) is 59.5 Å². The number of aryl methyl sites for hydroxylation is 1. The molecule has 0 aliphatic carbocycles. The van der Waals surface area contributed by atoms with Crippen LogP contribution in [0.4, 0.5) is 13.2 Å². The van der Waals surface area contributed by atoms with Gasteiger partial charge in [0, 0.05) is 24.5 Å². The lowest BCUT2D eigenvalue weighted by atomic mass is 10.1. The Hall–Kier alpha value is -4.02. The number of amides is 1. The molecule has 0 N–H and O–H groups in total. The van der Waals surface area contributed by atoms with Crippen molar-refractivity contribution in [2.75, 3.05) is 6.54 Å². The number of halogens is 3. The molecular formula is C23H19F3N6O2. The lowest BCUT2D eigenvalue weighted by Crippen LogP contribution is -2.36. The first-order valence-corrected chi connectivity index (χ1v) is 10.6. The monoisotopic (exact) mass is 468 g/mol. The van der Waals surface area contributed by atoms with E-state index in [1.807, 2.05) is 12.1 Å². The Morgan fingerprint density at radius 3 is 2.65 bits per heavy atom. The summed E-state index contributed by atoms with van der Waals surface area (Å²) < 4.78 is 43.5. The molecule has 4 aromatic rings. The van der Waals surface area contributed by atoms with E-state index in [-0.39, 0.29) is 11.4 Å². The fourth-order valence-electron chi connectivity index (χ4n) is 4.34. The average Bonchev–Trinajstić information content (AvgIpc) is 3.45. The molecule has 174 valence electrons. The third-order valence-corrected chi connectivity index (χ3v) is 5.90. The Labute approximate surface area is 191 Å². The zero-order chi connectivity index (χ0) is 24.0. The van der Waals surface area contributed by atoms with Crippen molar-refractivity contribution in [3.8, 4) is 5.69 Å². The largest absolute Gasteiger partial charge is 0.418 e. The molecule has 1 aromatic carbocycles. The van der Waals surface area contributed by atoms with Gasteiger partial charge in [-0.25, -0.2) is 4.68 Å². The number of para-hydroxylation sites is 1. The fraction of sp³-hybridized carbons (Fsp3) is 0.261. The van der Waals surface area contributed by atoms with Gasteiger partial charge >= 0.3 is 6.18 Å². The highest BCUT2D eigenvalue weighted by Crippen LogP contribution is 2.34. The fourth-order valence-corrected chi connectivity index (χ4v) is 4.34. The van der Waals surface area contributed by atoms with Crippen molar-refractivity contribution in [2.24, 2.45) is 0 Å². The van der Waals surface area contributed by atoms with Gasteiger partial charge < -0.3 is 4.90 Å². The molecule has 34 heavy (non-hydrogen) atoms. The summed E-state index contributed by atoms with van der Waals surface area (Å²) in [5, 5.41) is 12.5. The second-order valence-corrected chi connectivity index (χ2v) is 8.07. The van der Waals surface area contributed by atoms with Gasteiger partial charge in [0.1, 0.15) is 0 Å². The van der Waals surface area contributed by atoms with E-state index >= 15 is 0 Å². The van der Waals surface area contributed by atoms with E-state index in [0.717, 1.165) is 16.8 Å². The van der Waals surface area contributed by atoms with Crippen LogP contribution in [-0.4, -0.2) is 41.7 Å². The third-order valence-electron chi connectivity index (χ3n) is 5.90. The van der Waals surface area contributed by atoms with Crippen molar-refractivity contribution in [1.82, 2.24) is 29.3 Å². The molecule has 5 rings (SSSR count). The Morgan fingerprint density at radius 2 is 1.85 bits per heavy atom. The van der Waals surface area contributed by atoms with Gasteiger partial charge in [-0.3, -0.25) is 14.0 Å². The molecule has 1 aliphatic heterocycles. The van der Waals surface area contributed by atoms with E-state index in [2.05, 4.69) is 15.3 Å². The average molecular weight is 468 g/mol. The lowest BCUT2D eigenvalue weighted by Gasteiger charge is -2.23. The normalized spacial score (nSPS) is 16.4. The Balaban J connectivity index is 1.57. The Morgan fingerprint density at radius 1 is 1.09 bits per heavy atom. The number of nitrogens with zero attached hydrogens (tertiary/aromatic N) is 6. The predicted octanol–water partition coefficient (Wildman–Crippen LogP) is 3.58. The highest BCUT2D eigenvalue weighted by atomic mass is 19.4. The van der Waals surface area contributed by atoms with Crippen molar-refractivity contribution in [1.29, 1.82) is 0 Å². The van der Waals surface area contributed by atoms with Crippen molar-refractivity contribution in [3.63, 3.8) is 0 Å². The number of hydrogen-bond acceptors (Lipinski definition) is 5. The molecule has 0 saturated carbocycles. The van der Waals surface area contributed by atoms with Crippen LogP contribution in [0.2, 0.25) is 0 Å². The zero-order valence-electron chi connectivity index (χ0n) is 18.0. The summed E-state index contributed by atoms with van der Waals surface area (Å²) in [6.45, 7) is 1.83. The van der Waals surface area contributed by atoms with Crippen LogP contribution in [0, 0.1) is 6.92 Å². The van der Waals surface area contributed by atoms with Gasteiger partial charge in [0.05, 0.1) is 17.3 Å². The number of benzene rings is 1. The lowest BCUT2D eigenvalue weighted by molar-refractivity contribution is -0.137. The first kappa shape index (κ1) is 21.8. The first-order chi connectivity index (χ1) is 16.3. The highest BCUT2D eigenvalue weighted by Gasteiger charge is 2.37. The first-order valence-electron chi connectivity index (χ1n) is 10.6. The molecule has 11 heteroatoms. The van der Waals surface area contributed by atoms with Crippen LogP contribution < -0.4 is 5.43 Å². The van der Waals surface area contributed by atoms with E-state index in [1.165, 1.54) is 30.0 Å². The number of hydrogen-bond donors (Lipinski definition) is 0. The molecule has 1 fully saturated rings. The molecule has 1 saturated heterocycles. The summed E-state index contributed by atoms with van der Waals surface area (Å²) in [7, 11) is 0. The van der Waals surface area contributed by atoms with Crippen LogP contribution in [0.1, 0.15) is 46.5 Å². The van der Waals surface area contributed by atoms with Gasteiger partial charge in [-0.15, -0.1) is 10.2 Å². The number of rotatable bonds is 3. The van der Waals surface area contributed by atoms with E-state index in [4.69, 9.17) is 0 Å². The molecule has 1 atom stereocenters. The van der Waals surface area contributed by atoms with Crippen LogP contribution in [-0.2, 0) is 6.18 Å². The van der Waals surface area contributed by atoms with Gasteiger partial charge in [-0.1, -0.05) is 18.2 Å². The number of carbonyl (C=O) groups is 1. The second kappa shape index (κ2) is 8.08. The number of pyridine rings is 1. The smallest absolute Gasteiger partial charge is 0.327 e. The molecule has 1 unspecified atom stereocenters.